The average molecular weight is 302 g/mol. The third kappa shape index (κ3) is 5.50. The van der Waals surface area contributed by atoms with Crippen molar-refractivity contribution in [3.63, 3.8) is 0 Å². The Labute approximate surface area is 128 Å². The minimum absolute atomic E-state index is 0.0615. The molecule has 0 spiro atoms. The van der Waals surface area contributed by atoms with Crippen molar-refractivity contribution in [2.75, 3.05) is 13.3 Å². The zero-order chi connectivity index (χ0) is 15.1. The smallest absolute Gasteiger partial charge is 0.152 e. The molecule has 0 bridgehead atoms. The summed E-state index contributed by atoms with van der Waals surface area (Å²) < 4.78 is 30.4. The fourth-order valence-electron chi connectivity index (χ4n) is 4.37. The Bertz CT molecular complexity index is 268. The second-order valence-corrected chi connectivity index (χ2v) is 7.19. The predicted molar refractivity (Wildman–Crippen MR) is 82.9 cm³/mol. The van der Waals surface area contributed by atoms with Gasteiger partial charge in [0.1, 0.15) is 6.67 Å². The Hall–Kier alpha value is -0.180. The van der Waals surface area contributed by atoms with Gasteiger partial charge in [-0.05, 0) is 56.3 Å². The summed E-state index contributed by atoms with van der Waals surface area (Å²) >= 11 is 0. The normalized spacial score (nSPS) is 35.6. The molecule has 1 atom stereocenters. The van der Waals surface area contributed by atoms with Crippen LogP contribution in [0, 0.1) is 17.8 Å². The highest BCUT2D eigenvalue weighted by Crippen LogP contribution is 2.41. The van der Waals surface area contributed by atoms with Crippen molar-refractivity contribution in [3.8, 4) is 0 Å². The van der Waals surface area contributed by atoms with Crippen molar-refractivity contribution in [2.24, 2.45) is 17.8 Å². The first-order valence-corrected chi connectivity index (χ1v) is 9.04. The monoisotopic (exact) mass is 302 g/mol. The minimum Gasteiger partial charge on any atom is -0.375 e. The molecule has 2 aliphatic carbocycles. The lowest BCUT2D eigenvalue weighted by atomic mass is 9.70. The number of ether oxygens (including phenoxy) is 1. The van der Waals surface area contributed by atoms with Crippen molar-refractivity contribution < 1.29 is 13.5 Å². The highest BCUT2D eigenvalue weighted by molar-refractivity contribution is 4.82. The van der Waals surface area contributed by atoms with Crippen molar-refractivity contribution in [1.29, 1.82) is 0 Å². The highest BCUT2D eigenvalue weighted by atomic mass is 19.2. The lowest BCUT2D eigenvalue weighted by Crippen LogP contribution is -2.30. The predicted octanol–water partition coefficient (Wildman–Crippen LogP) is 5.48. The van der Waals surface area contributed by atoms with E-state index in [0.29, 0.717) is 0 Å². The molecule has 0 saturated heterocycles. The van der Waals surface area contributed by atoms with Gasteiger partial charge in [-0.1, -0.05) is 32.6 Å². The van der Waals surface area contributed by atoms with Crippen LogP contribution in [0.15, 0.2) is 0 Å². The van der Waals surface area contributed by atoms with E-state index in [1.807, 2.05) is 0 Å². The van der Waals surface area contributed by atoms with E-state index in [4.69, 9.17) is 4.74 Å². The summed E-state index contributed by atoms with van der Waals surface area (Å²) in [6.45, 7) is 1.31. The van der Waals surface area contributed by atoms with Crippen LogP contribution >= 0.6 is 0 Å². The van der Waals surface area contributed by atoms with Crippen molar-refractivity contribution in [3.05, 3.63) is 0 Å². The van der Waals surface area contributed by atoms with Gasteiger partial charge in [-0.2, -0.15) is 0 Å². The number of hydrogen-bond donors (Lipinski definition) is 0. The molecule has 2 fully saturated rings. The molecule has 0 radical (unpaired) electrons. The van der Waals surface area contributed by atoms with Crippen LogP contribution in [0.4, 0.5) is 8.78 Å². The molecule has 2 rings (SSSR count). The minimum atomic E-state index is -1.43. The third-order valence-electron chi connectivity index (χ3n) is 5.65. The van der Waals surface area contributed by atoms with E-state index in [-0.39, 0.29) is 12.7 Å². The average Bonchev–Trinajstić information content (AvgIpc) is 2.54. The molecule has 0 unspecified atom stereocenters. The number of alkyl halides is 2. The van der Waals surface area contributed by atoms with Crippen LogP contribution in [-0.4, -0.2) is 25.6 Å². The maximum Gasteiger partial charge on any atom is 0.152 e. The first-order chi connectivity index (χ1) is 10.2. The largest absolute Gasteiger partial charge is 0.375 e. The van der Waals surface area contributed by atoms with Gasteiger partial charge in [0.05, 0.1) is 12.7 Å². The molecular formula is C18H32F2O. The Morgan fingerprint density at radius 3 is 2.05 bits per heavy atom. The van der Waals surface area contributed by atoms with Crippen LogP contribution in [0.2, 0.25) is 0 Å². The van der Waals surface area contributed by atoms with Crippen molar-refractivity contribution >= 4 is 0 Å². The van der Waals surface area contributed by atoms with E-state index in [0.717, 1.165) is 30.6 Å². The maximum absolute atomic E-state index is 12.9. The molecule has 0 aromatic heterocycles. The quantitative estimate of drug-likeness (QED) is 0.605. The summed E-state index contributed by atoms with van der Waals surface area (Å²) in [4.78, 5) is 0. The van der Waals surface area contributed by atoms with Gasteiger partial charge in [0.15, 0.2) is 6.17 Å². The first-order valence-electron chi connectivity index (χ1n) is 9.04. The van der Waals surface area contributed by atoms with Crippen LogP contribution < -0.4 is 0 Å². The molecule has 0 heterocycles. The molecule has 124 valence electrons. The van der Waals surface area contributed by atoms with Gasteiger partial charge in [0.25, 0.3) is 0 Å². The van der Waals surface area contributed by atoms with Gasteiger partial charge in [0, 0.05) is 0 Å². The van der Waals surface area contributed by atoms with E-state index in [2.05, 4.69) is 6.92 Å². The zero-order valence-corrected chi connectivity index (χ0v) is 13.5. The molecule has 0 aliphatic heterocycles. The van der Waals surface area contributed by atoms with Gasteiger partial charge < -0.3 is 4.74 Å². The van der Waals surface area contributed by atoms with Crippen LogP contribution in [0.3, 0.4) is 0 Å². The second-order valence-electron chi connectivity index (χ2n) is 7.19. The molecule has 21 heavy (non-hydrogen) atoms. The van der Waals surface area contributed by atoms with E-state index in [1.165, 1.54) is 51.4 Å². The number of halogens is 2. The summed E-state index contributed by atoms with van der Waals surface area (Å²) in [6, 6.07) is 0. The summed E-state index contributed by atoms with van der Waals surface area (Å²) in [5.41, 5.74) is 0. The summed E-state index contributed by atoms with van der Waals surface area (Å²) in [5.74, 6) is 2.75. The fraction of sp³-hybridized carbons (Fsp3) is 1.00. The molecule has 0 N–H and O–H groups in total. The van der Waals surface area contributed by atoms with Crippen molar-refractivity contribution in [1.82, 2.24) is 0 Å². The number of rotatable bonds is 7. The van der Waals surface area contributed by atoms with Gasteiger partial charge in [-0.25, -0.2) is 8.78 Å². The maximum atomic E-state index is 12.9. The van der Waals surface area contributed by atoms with E-state index in [1.54, 1.807) is 0 Å². The molecule has 1 nitrogen and oxygen atoms in total. The van der Waals surface area contributed by atoms with Crippen LogP contribution in [0.5, 0.6) is 0 Å². The molecule has 2 saturated carbocycles. The topological polar surface area (TPSA) is 9.23 Å². The van der Waals surface area contributed by atoms with E-state index >= 15 is 0 Å². The first kappa shape index (κ1) is 17.2. The summed E-state index contributed by atoms with van der Waals surface area (Å²) in [7, 11) is 0. The molecule has 0 amide bonds. The lowest BCUT2D eigenvalue weighted by Gasteiger charge is -2.37. The molecular weight excluding hydrogens is 270 g/mol. The molecule has 3 heteroatoms. The molecule has 0 aromatic rings. The van der Waals surface area contributed by atoms with Gasteiger partial charge in [0.2, 0.25) is 0 Å². The van der Waals surface area contributed by atoms with Crippen molar-refractivity contribution in [2.45, 2.75) is 83.4 Å². The Morgan fingerprint density at radius 2 is 1.52 bits per heavy atom. The SMILES string of the molecule is CCCC1CCC(C2CCC(OC[C@H](F)CF)CC2)CC1. The Balaban J connectivity index is 1.63. The van der Waals surface area contributed by atoms with Gasteiger partial charge in [-0.15, -0.1) is 0 Å². The van der Waals surface area contributed by atoms with E-state index in [9.17, 15) is 8.78 Å². The van der Waals surface area contributed by atoms with Gasteiger partial charge >= 0.3 is 0 Å². The van der Waals surface area contributed by atoms with Crippen LogP contribution in [0.25, 0.3) is 0 Å². The Morgan fingerprint density at radius 1 is 0.952 bits per heavy atom. The molecule has 0 aromatic carbocycles. The fourth-order valence-corrected chi connectivity index (χ4v) is 4.37. The second kappa shape index (κ2) is 9.07. The van der Waals surface area contributed by atoms with Gasteiger partial charge in [-0.3, -0.25) is 0 Å². The highest BCUT2D eigenvalue weighted by Gasteiger charge is 2.31. The lowest BCUT2D eigenvalue weighted by molar-refractivity contribution is -0.0195. The Kier molecular flexibility index (Phi) is 7.42. The van der Waals surface area contributed by atoms with Crippen LogP contribution in [0.1, 0.15) is 71.1 Å². The zero-order valence-electron chi connectivity index (χ0n) is 13.5. The summed E-state index contributed by atoms with van der Waals surface area (Å²) in [6.07, 6.45) is 11.7. The third-order valence-corrected chi connectivity index (χ3v) is 5.65. The molecule has 2 aliphatic rings. The van der Waals surface area contributed by atoms with Crippen LogP contribution in [-0.2, 0) is 4.74 Å². The number of hydrogen-bond acceptors (Lipinski definition) is 1. The summed E-state index contributed by atoms with van der Waals surface area (Å²) in [5, 5.41) is 0. The standard InChI is InChI=1S/C18H32F2O/c1-2-3-14-4-6-15(7-5-14)16-8-10-18(11-9-16)21-13-17(20)12-19/h14-18H,2-13H2,1H3/t14?,15?,16?,17-,18?/m1/s1. The van der Waals surface area contributed by atoms with E-state index < -0.39 is 12.8 Å².